The molecule has 2 heterocycles. The molecular weight excluding hydrogens is 372 g/mol. The third-order valence-electron chi connectivity index (χ3n) is 5.51. The molecule has 146 valence electrons. The Kier molecular flexibility index (Phi) is 5.42. The van der Waals surface area contributed by atoms with Gasteiger partial charge in [-0.1, -0.05) is 36.8 Å². The summed E-state index contributed by atoms with van der Waals surface area (Å²) in [6.07, 6.45) is 5.74. The lowest BCUT2D eigenvalue weighted by Gasteiger charge is -2.25. The van der Waals surface area contributed by atoms with Gasteiger partial charge in [-0.2, -0.15) is 4.31 Å². The van der Waals surface area contributed by atoms with Crippen LogP contribution in [0.5, 0.6) is 0 Å². The minimum atomic E-state index is -3.41. The molecule has 2 aromatic carbocycles. The smallest absolute Gasteiger partial charge is 0.243 e. The second kappa shape index (κ2) is 7.97. The predicted octanol–water partition coefficient (Wildman–Crippen LogP) is 3.61. The monoisotopic (exact) mass is 396 g/mol. The van der Waals surface area contributed by atoms with Crippen LogP contribution in [-0.4, -0.2) is 37.8 Å². The van der Waals surface area contributed by atoms with Gasteiger partial charge in [-0.15, -0.1) is 0 Å². The second-order valence-electron chi connectivity index (χ2n) is 7.38. The molecule has 28 heavy (non-hydrogen) atoms. The zero-order chi connectivity index (χ0) is 19.6. The Morgan fingerprint density at radius 3 is 2.50 bits per heavy atom. The van der Waals surface area contributed by atoms with Gasteiger partial charge in [-0.25, -0.2) is 8.42 Å². The van der Waals surface area contributed by atoms with E-state index < -0.39 is 10.0 Å². The SMILES string of the molecule is O=C(CCc1ccc(S(=O)(=O)N2CCCCC2)cc1)c1cccc2c1CN=C2. The van der Waals surface area contributed by atoms with E-state index in [0.29, 0.717) is 37.4 Å². The van der Waals surface area contributed by atoms with Crippen LogP contribution < -0.4 is 0 Å². The number of ketones is 1. The standard InChI is InChI=1S/C22H24N2O3S/c25-22(20-6-4-5-18-15-23-16-21(18)20)12-9-17-7-10-19(11-8-17)28(26,27)24-13-2-1-3-14-24/h4-8,10-11,15H,1-3,9,12-14,16H2. The second-order valence-corrected chi connectivity index (χ2v) is 9.31. The fourth-order valence-electron chi connectivity index (χ4n) is 3.87. The highest BCUT2D eigenvalue weighted by molar-refractivity contribution is 7.89. The number of carbonyl (C=O) groups excluding carboxylic acids is 1. The Morgan fingerprint density at radius 2 is 1.75 bits per heavy atom. The van der Waals surface area contributed by atoms with Crippen LogP contribution in [0.2, 0.25) is 0 Å². The maximum atomic E-state index is 12.7. The van der Waals surface area contributed by atoms with E-state index in [1.807, 2.05) is 36.5 Å². The largest absolute Gasteiger partial charge is 0.294 e. The molecular formula is C22H24N2O3S. The molecule has 0 bridgehead atoms. The summed E-state index contributed by atoms with van der Waals surface area (Å²) in [5, 5.41) is 0. The highest BCUT2D eigenvalue weighted by atomic mass is 32.2. The Morgan fingerprint density at radius 1 is 1.00 bits per heavy atom. The average Bonchev–Trinajstić information content (AvgIpc) is 3.22. The minimum Gasteiger partial charge on any atom is -0.294 e. The quantitative estimate of drug-likeness (QED) is 0.701. The first-order valence-electron chi connectivity index (χ1n) is 9.80. The Balaban J connectivity index is 1.41. The fourth-order valence-corrected chi connectivity index (χ4v) is 5.39. The summed E-state index contributed by atoms with van der Waals surface area (Å²) >= 11 is 0. The molecule has 5 nitrogen and oxygen atoms in total. The summed E-state index contributed by atoms with van der Waals surface area (Å²) in [7, 11) is -3.41. The van der Waals surface area contributed by atoms with Crippen molar-refractivity contribution in [3.63, 3.8) is 0 Å². The van der Waals surface area contributed by atoms with Gasteiger partial charge in [0.05, 0.1) is 11.4 Å². The average molecular weight is 397 g/mol. The summed E-state index contributed by atoms with van der Waals surface area (Å²) in [5.41, 5.74) is 3.75. The van der Waals surface area contributed by atoms with E-state index in [1.165, 1.54) is 0 Å². The van der Waals surface area contributed by atoms with E-state index in [0.717, 1.165) is 41.5 Å². The number of fused-ring (bicyclic) bond motifs is 1. The Hall–Kier alpha value is -2.31. The first-order chi connectivity index (χ1) is 13.6. The van der Waals surface area contributed by atoms with E-state index in [-0.39, 0.29) is 5.78 Å². The molecule has 0 amide bonds. The van der Waals surface area contributed by atoms with Crippen LogP contribution in [0.1, 0.15) is 52.7 Å². The van der Waals surface area contributed by atoms with Gasteiger partial charge in [-0.3, -0.25) is 9.79 Å². The lowest BCUT2D eigenvalue weighted by molar-refractivity contribution is 0.0982. The fraction of sp³-hybridized carbons (Fsp3) is 0.364. The number of piperidine rings is 1. The molecule has 0 N–H and O–H groups in total. The van der Waals surface area contributed by atoms with Gasteiger partial charge in [0, 0.05) is 31.3 Å². The first kappa shape index (κ1) is 19.0. The number of rotatable bonds is 6. The highest BCUT2D eigenvalue weighted by Crippen LogP contribution is 2.23. The zero-order valence-corrected chi connectivity index (χ0v) is 16.6. The van der Waals surface area contributed by atoms with Crippen molar-refractivity contribution in [3.05, 3.63) is 64.7 Å². The normalized spacial score (nSPS) is 16.9. The maximum absolute atomic E-state index is 12.7. The van der Waals surface area contributed by atoms with Gasteiger partial charge < -0.3 is 0 Å². The van der Waals surface area contributed by atoms with Crippen LogP contribution in [-0.2, 0) is 23.0 Å². The van der Waals surface area contributed by atoms with Gasteiger partial charge in [0.1, 0.15) is 0 Å². The van der Waals surface area contributed by atoms with Gasteiger partial charge in [0.2, 0.25) is 10.0 Å². The third-order valence-corrected chi connectivity index (χ3v) is 7.42. The maximum Gasteiger partial charge on any atom is 0.243 e. The number of Topliss-reactive ketones (excluding diaryl/α,β-unsaturated/α-hetero) is 1. The number of benzene rings is 2. The summed E-state index contributed by atoms with van der Waals surface area (Å²) in [5.74, 6) is 0.104. The number of hydrogen-bond donors (Lipinski definition) is 0. The first-order valence-corrected chi connectivity index (χ1v) is 11.2. The molecule has 0 spiro atoms. The zero-order valence-electron chi connectivity index (χ0n) is 15.8. The van der Waals surface area contributed by atoms with Crippen molar-refractivity contribution < 1.29 is 13.2 Å². The number of nitrogens with zero attached hydrogens (tertiary/aromatic N) is 2. The molecule has 0 aliphatic carbocycles. The topological polar surface area (TPSA) is 66.8 Å². The summed E-state index contributed by atoms with van der Waals surface area (Å²) in [4.78, 5) is 17.2. The molecule has 0 atom stereocenters. The predicted molar refractivity (Wildman–Crippen MR) is 109 cm³/mol. The molecule has 0 unspecified atom stereocenters. The molecule has 6 heteroatoms. The van der Waals surface area contributed by atoms with E-state index in [1.54, 1.807) is 16.4 Å². The van der Waals surface area contributed by atoms with Crippen LogP contribution >= 0.6 is 0 Å². The van der Waals surface area contributed by atoms with E-state index in [9.17, 15) is 13.2 Å². The van der Waals surface area contributed by atoms with E-state index in [4.69, 9.17) is 0 Å². The number of carbonyl (C=O) groups is 1. The molecule has 0 aromatic heterocycles. The summed E-state index contributed by atoms with van der Waals surface area (Å²) in [6.45, 7) is 1.77. The van der Waals surface area contributed by atoms with Gasteiger partial charge in [0.25, 0.3) is 0 Å². The molecule has 2 aliphatic heterocycles. The van der Waals surface area contributed by atoms with Crippen LogP contribution in [0.25, 0.3) is 0 Å². The molecule has 2 aromatic rings. The van der Waals surface area contributed by atoms with Crippen molar-refractivity contribution in [1.82, 2.24) is 4.31 Å². The van der Waals surface area contributed by atoms with Crippen LogP contribution in [0, 0.1) is 0 Å². The van der Waals surface area contributed by atoms with Gasteiger partial charge >= 0.3 is 0 Å². The molecule has 0 radical (unpaired) electrons. The number of sulfonamides is 1. The van der Waals surface area contributed by atoms with Crippen LogP contribution in [0.15, 0.2) is 52.4 Å². The number of hydrogen-bond acceptors (Lipinski definition) is 4. The van der Waals surface area contributed by atoms with Crippen LogP contribution in [0.3, 0.4) is 0 Å². The van der Waals surface area contributed by atoms with Crippen molar-refractivity contribution in [2.75, 3.05) is 13.1 Å². The van der Waals surface area contributed by atoms with Gasteiger partial charge in [0.15, 0.2) is 5.78 Å². The number of aliphatic imine (C=N–C) groups is 1. The summed E-state index contributed by atoms with van der Waals surface area (Å²) in [6, 6.07) is 12.7. The highest BCUT2D eigenvalue weighted by Gasteiger charge is 2.25. The Bertz CT molecular complexity index is 1000. The molecule has 1 fully saturated rings. The van der Waals surface area contributed by atoms with Crippen molar-refractivity contribution in [2.24, 2.45) is 4.99 Å². The lowest BCUT2D eigenvalue weighted by atomic mass is 9.96. The molecule has 4 rings (SSSR count). The van der Waals surface area contributed by atoms with Crippen molar-refractivity contribution in [3.8, 4) is 0 Å². The van der Waals surface area contributed by atoms with E-state index in [2.05, 4.69) is 4.99 Å². The van der Waals surface area contributed by atoms with Gasteiger partial charge in [-0.05, 0) is 48.1 Å². The third kappa shape index (κ3) is 3.80. The van der Waals surface area contributed by atoms with E-state index >= 15 is 0 Å². The Labute approximate surface area is 166 Å². The minimum absolute atomic E-state index is 0.104. The van der Waals surface area contributed by atoms with Crippen molar-refractivity contribution in [1.29, 1.82) is 0 Å². The molecule has 1 saturated heterocycles. The summed E-state index contributed by atoms with van der Waals surface area (Å²) < 4.78 is 27.0. The van der Waals surface area contributed by atoms with Crippen molar-refractivity contribution >= 4 is 22.0 Å². The lowest BCUT2D eigenvalue weighted by Crippen LogP contribution is -2.35. The molecule has 0 saturated carbocycles. The number of aryl methyl sites for hydroxylation is 1. The molecule has 2 aliphatic rings. The van der Waals surface area contributed by atoms with Crippen molar-refractivity contribution in [2.45, 2.75) is 43.5 Å². The van der Waals surface area contributed by atoms with Crippen LogP contribution in [0.4, 0.5) is 0 Å².